The van der Waals surface area contributed by atoms with E-state index in [0.717, 1.165) is 22.3 Å². The van der Waals surface area contributed by atoms with Gasteiger partial charge in [0.2, 0.25) is 5.95 Å². The first-order valence-corrected chi connectivity index (χ1v) is 4.99. The van der Waals surface area contributed by atoms with Crippen LogP contribution < -0.4 is 15.8 Å². The van der Waals surface area contributed by atoms with Crippen LogP contribution in [0.4, 0.5) is 5.95 Å². The number of nitrogens with one attached hydrogen (secondary N) is 1. The van der Waals surface area contributed by atoms with Gasteiger partial charge in [0.25, 0.3) is 0 Å². The summed E-state index contributed by atoms with van der Waals surface area (Å²) in [7, 11) is 3.50. The largest absolute Gasteiger partial charge is 0.497 e. The molecular formula is C11H14N4O. The van der Waals surface area contributed by atoms with Crippen molar-refractivity contribution in [2.24, 2.45) is 0 Å². The third-order valence-corrected chi connectivity index (χ3v) is 2.34. The molecule has 16 heavy (non-hydrogen) atoms. The first-order valence-electron chi connectivity index (χ1n) is 4.99. The highest BCUT2D eigenvalue weighted by Crippen LogP contribution is 2.22. The summed E-state index contributed by atoms with van der Waals surface area (Å²) in [6, 6.07) is 5.66. The van der Waals surface area contributed by atoms with Gasteiger partial charge in [0.15, 0.2) is 0 Å². The molecule has 0 spiro atoms. The third-order valence-electron chi connectivity index (χ3n) is 2.34. The van der Waals surface area contributed by atoms with Crippen molar-refractivity contribution < 1.29 is 4.74 Å². The summed E-state index contributed by atoms with van der Waals surface area (Å²) in [5, 5.41) is 4.02. The molecule has 5 heteroatoms. The molecule has 5 nitrogen and oxygen atoms in total. The monoisotopic (exact) mass is 218 g/mol. The normalized spacial score (nSPS) is 10.6. The number of methoxy groups -OCH3 is 1. The highest BCUT2D eigenvalue weighted by atomic mass is 16.5. The van der Waals surface area contributed by atoms with Crippen LogP contribution in [0.2, 0.25) is 0 Å². The number of ether oxygens (including phenoxy) is 1. The number of hydrogen-bond donors (Lipinski definition) is 2. The first kappa shape index (κ1) is 10.6. The molecule has 0 atom stereocenters. The lowest BCUT2D eigenvalue weighted by Gasteiger charge is -2.07. The second-order valence-corrected chi connectivity index (χ2v) is 3.44. The van der Waals surface area contributed by atoms with E-state index in [0.29, 0.717) is 12.5 Å². The standard InChI is InChI=1S/C11H14N4O/c1-13-6-10-8-5-7(16-2)3-4-9(8)14-11(12)15-10/h3-5,13H,6H2,1-2H3,(H2,12,14,15). The Balaban J connectivity index is 2.65. The van der Waals surface area contributed by atoms with Gasteiger partial charge in [-0.25, -0.2) is 9.97 Å². The smallest absolute Gasteiger partial charge is 0.220 e. The van der Waals surface area contributed by atoms with Crippen molar-refractivity contribution in [3.63, 3.8) is 0 Å². The molecule has 0 bridgehead atoms. The van der Waals surface area contributed by atoms with Crippen molar-refractivity contribution in [2.45, 2.75) is 6.54 Å². The topological polar surface area (TPSA) is 73.1 Å². The summed E-state index contributed by atoms with van der Waals surface area (Å²) in [6.07, 6.45) is 0. The number of benzene rings is 1. The lowest BCUT2D eigenvalue weighted by molar-refractivity contribution is 0.415. The van der Waals surface area contributed by atoms with E-state index in [1.807, 2.05) is 25.2 Å². The molecule has 3 N–H and O–H groups in total. The van der Waals surface area contributed by atoms with E-state index in [9.17, 15) is 0 Å². The van der Waals surface area contributed by atoms with Crippen LogP contribution in [0.1, 0.15) is 5.69 Å². The highest BCUT2D eigenvalue weighted by molar-refractivity contribution is 5.83. The predicted molar refractivity (Wildman–Crippen MR) is 63.3 cm³/mol. The molecule has 1 aromatic carbocycles. The molecule has 0 radical (unpaired) electrons. The van der Waals surface area contributed by atoms with Gasteiger partial charge in [-0.2, -0.15) is 0 Å². The average molecular weight is 218 g/mol. The Labute approximate surface area is 93.7 Å². The number of nitrogens with two attached hydrogens (primary N) is 1. The zero-order valence-electron chi connectivity index (χ0n) is 9.32. The minimum Gasteiger partial charge on any atom is -0.497 e. The van der Waals surface area contributed by atoms with E-state index in [1.54, 1.807) is 7.11 Å². The van der Waals surface area contributed by atoms with Crippen LogP contribution in [0, 0.1) is 0 Å². The maximum absolute atomic E-state index is 5.64. The minimum atomic E-state index is 0.294. The van der Waals surface area contributed by atoms with Crippen molar-refractivity contribution in [3.8, 4) is 5.75 Å². The molecule has 84 valence electrons. The van der Waals surface area contributed by atoms with E-state index in [2.05, 4.69) is 15.3 Å². The van der Waals surface area contributed by atoms with E-state index in [-0.39, 0.29) is 0 Å². The van der Waals surface area contributed by atoms with Crippen molar-refractivity contribution in [3.05, 3.63) is 23.9 Å². The second-order valence-electron chi connectivity index (χ2n) is 3.44. The summed E-state index contributed by atoms with van der Waals surface area (Å²) in [5.74, 6) is 1.08. The van der Waals surface area contributed by atoms with Gasteiger partial charge in [0.05, 0.1) is 18.3 Å². The van der Waals surface area contributed by atoms with Gasteiger partial charge in [-0.3, -0.25) is 0 Å². The lowest BCUT2D eigenvalue weighted by atomic mass is 10.1. The quantitative estimate of drug-likeness (QED) is 0.802. The van der Waals surface area contributed by atoms with Gasteiger partial charge in [0.1, 0.15) is 5.75 Å². The van der Waals surface area contributed by atoms with E-state index in [1.165, 1.54) is 0 Å². The van der Waals surface area contributed by atoms with Crippen molar-refractivity contribution in [2.75, 3.05) is 19.9 Å². The van der Waals surface area contributed by atoms with Crippen LogP contribution in [0.3, 0.4) is 0 Å². The second kappa shape index (κ2) is 4.32. The zero-order chi connectivity index (χ0) is 11.5. The molecule has 0 fully saturated rings. The Morgan fingerprint density at radius 2 is 2.19 bits per heavy atom. The van der Waals surface area contributed by atoms with Gasteiger partial charge in [-0.05, 0) is 25.2 Å². The highest BCUT2D eigenvalue weighted by Gasteiger charge is 2.06. The van der Waals surface area contributed by atoms with Crippen LogP contribution in [-0.2, 0) is 6.54 Å². The van der Waals surface area contributed by atoms with Crippen LogP contribution in [0.25, 0.3) is 10.9 Å². The molecule has 1 heterocycles. The van der Waals surface area contributed by atoms with E-state index in [4.69, 9.17) is 10.5 Å². The maximum Gasteiger partial charge on any atom is 0.220 e. The fourth-order valence-corrected chi connectivity index (χ4v) is 1.62. The lowest BCUT2D eigenvalue weighted by Crippen LogP contribution is -2.09. The summed E-state index contributed by atoms with van der Waals surface area (Å²) in [5.41, 5.74) is 7.35. The molecule has 0 aliphatic carbocycles. The molecule has 0 aliphatic rings. The van der Waals surface area contributed by atoms with Crippen LogP contribution in [0.5, 0.6) is 5.75 Å². The van der Waals surface area contributed by atoms with Gasteiger partial charge in [-0.15, -0.1) is 0 Å². The first-order chi connectivity index (χ1) is 7.74. The Bertz CT molecular complexity index is 513. The summed E-state index contributed by atoms with van der Waals surface area (Å²) in [4.78, 5) is 8.39. The molecular weight excluding hydrogens is 204 g/mol. The zero-order valence-corrected chi connectivity index (χ0v) is 9.32. The number of fused-ring (bicyclic) bond motifs is 1. The SMILES string of the molecule is CNCc1nc(N)nc2ccc(OC)cc12. The van der Waals surface area contributed by atoms with Crippen molar-refractivity contribution in [1.82, 2.24) is 15.3 Å². The minimum absolute atomic E-state index is 0.294. The van der Waals surface area contributed by atoms with Crippen LogP contribution in [0.15, 0.2) is 18.2 Å². The van der Waals surface area contributed by atoms with Gasteiger partial charge >= 0.3 is 0 Å². The van der Waals surface area contributed by atoms with Gasteiger partial charge < -0.3 is 15.8 Å². The van der Waals surface area contributed by atoms with Crippen LogP contribution >= 0.6 is 0 Å². The van der Waals surface area contributed by atoms with E-state index >= 15 is 0 Å². The molecule has 0 unspecified atom stereocenters. The third kappa shape index (κ3) is 1.90. The van der Waals surface area contributed by atoms with Crippen molar-refractivity contribution >= 4 is 16.9 Å². The van der Waals surface area contributed by atoms with Gasteiger partial charge in [-0.1, -0.05) is 0 Å². The van der Waals surface area contributed by atoms with Crippen LogP contribution in [-0.4, -0.2) is 24.1 Å². The fraction of sp³-hybridized carbons (Fsp3) is 0.273. The summed E-state index contributed by atoms with van der Waals surface area (Å²) >= 11 is 0. The van der Waals surface area contributed by atoms with E-state index < -0.39 is 0 Å². The number of nitrogens with zero attached hydrogens (tertiary/aromatic N) is 2. The van der Waals surface area contributed by atoms with Crippen molar-refractivity contribution in [1.29, 1.82) is 0 Å². The summed E-state index contributed by atoms with van der Waals surface area (Å²) < 4.78 is 5.18. The molecule has 0 aliphatic heterocycles. The molecule has 0 amide bonds. The maximum atomic E-state index is 5.64. The Morgan fingerprint density at radius 1 is 1.38 bits per heavy atom. The molecule has 2 rings (SSSR count). The number of hydrogen-bond acceptors (Lipinski definition) is 5. The number of aromatic nitrogens is 2. The molecule has 1 aromatic heterocycles. The Kier molecular flexibility index (Phi) is 2.87. The summed E-state index contributed by atoms with van der Waals surface area (Å²) in [6.45, 7) is 0.649. The number of rotatable bonds is 3. The fourth-order valence-electron chi connectivity index (χ4n) is 1.62. The number of anilines is 1. The number of nitrogen functional groups attached to an aromatic ring is 1. The predicted octanol–water partition coefficient (Wildman–Crippen LogP) is 0.940. The van der Waals surface area contributed by atoms with Gasteiger partial charge in [0, 0.05) is 11.9 Å². The molecule has 2 aromatic rings. The molecule has 0 saturated carbocycles. The molecule has 0 saturated heterocycles. The Hall–Kier alpha value is -1.88. The average Bonchev–Trinajstić information content (AvgIpc) is 2.29. The Morgan fingerprint density at radius 3 is 2.88 bits per heavy atom.